The van der Waals surface area contributed by atoms with Gasteiger partial charge in [0.1, 0.15) is 0 Å². The van der Waals surface area contributed by atoms with E-state index in [-0.39, 0.29) is 5.56 Å². The Labute approximate surface area is 155 Å². The predicted molar refractivity (Wildman–Crippen MR) is 93.4 cm³/mol. The number of ether oxygens (including phenoxy) is 1. The van der Waals surface area contributed by atoms with E-state index < -0.39 is 26.4 Å². The first-order valence-corrected chi connectivity index (χ1v) is 9.95. The van der Waals surface area contributed by atoms with Crippen LogP contribution in [0, 0.1) is 5.92 Å². The topological polar surface area (TPSA) is 90.3 Å². The third-order valence-corrected chi connectivity index (χ3v) is 5.79. The number of alkyl halides is 2. The van der Waals surface area contributed by atoms with Crippen molar-refractivity contribution in [3.8, 4) is 0 Å². The van der Waals surface area contributed by atoms with E-state index in [4.69, 9.17) is 4.74 Å². The Balaban J connectivity index is 1.73. The van der Waals surface area contributed by atoms with Crippen LogP contribution >= 0.6 is 0 Å². The van der Waals surface area contributed by atoms with E-state index in [2.05, 4.69) is 10.4 Å². The molecule has 0 spiro atoms. The van der Waals surface area contributed by atoms with Gasteiger partial charge in [-0.1, -0.05) is 12.1 Å². The molecule has 146 valence electrons. The molecule has 1 fully saturated rings. The van der Waals surface area contributed by atoms with E-state index in [1.807, 2.05) is 0 Å². The highest BCUT2D eigenvalue weighted by molar-refractivity contribution is 7.91. The van der Waals surface area contributed by atoms with Crippen molar-refractivity contribution in [1.82, 2.24) is 9.78 Å². The third kappa shape index (κ3) is 4.51. The number of carbonyl (C=O) groups is 1. The van der Waals surface area contributed by atoms with Crippen LogP contribution < -0.4 is 5.32 Å². The fourth-order valence-electron chi connectivity index (χ4n) is 2.92. The van der Waals surface area contributed by atoms with Crippen LogP contribution in [0.2, 0.25) is 0 Å². The highest BCUT2D eigenvalue weighted by Crippen LogP contribution is 2.23. The minimum Gasteiger partial charge on any atom is -0.381 e. The molecule has 1 aromatic heterocycles. The molecule has 1 N–H and O–H groups in total. The zero-order valence-corrected chi connectivity index (χ0v) is 15.2. The fourth-order valence-corrected chi connectivity index (χ4v) is 3.85. The second kappa shape index (κ2) is 8.13. The SMILES string of the molecule is O=C(Nc1cnn(CC2CCOCC2)c1)c1ccccc1S(=O)(=O)C(F)F. The number of benzene rings is 1. The largest absolute Gasteiger partial charge is 0.381 e. The first kappa shape index (κ1) is 19.4. The highest BCUT2D eigenvalue weighted by atomic mass is 32.2. The van der Waals surface area contributed by atoms with Crippen molar-refractivity contribution in [3.05, 3.63) is 42.2 Å². The van der Waals surface area contributed by atoms with Crippen LogP contribution in [0.3, 0.4) is 0 Å². The van der Waals surface area contributed by atoms with Crippen LogP contribution in [0.4, 0.5) is 14.5 Å². The Morgan fingerprint density at radius 3 is 2.70 bits per heavy atom. The van der Waals surface area contributed by atoms with Gasteiger partial charge in [0.15, 0.2) is 0 Å². The molecule has 0 bridgehead atoms. The van der Waals surface area contributed by atoms with Gasteiger partial charge >= 0.3 is 5.76 Å². The molecule has 27 heavy (non-hydrogen) atoms. The quantitative estimate of drug-likeness (QED) is 0.806. The van der Waals surface area contributed by atoms with Crippen LogP contribution in [0.5, 0.6) is 0 Å². The van der Waals surface area contributed by atoms with E-state index in [1.165, 1.54) is 24.4 Å². The maximum atomic E-state index is 12.9. The zero-order chi connectivity index (χ0) is 19.4. The van der Waals surface area contributed by atoms with Gasteiger partial charge in [-0.2, -0.15) is 13.9 Å². The number of rotatable bonds is 6. The summed E-state index contributed by atoms with van der Waals surface area (Å²) in [6, 6.07) is 4.88. The standard InChI is InChI=1S/C17H19F2N3O4S/c18-17(19)27(24,25)15-4-2-1-3-14(15)16(23)21-13-9-20-22(11-13)10-12-5-7-26-8-6-12/h1-4,9,11-12,17H,5-8,10H2,(H,21,23). The molecule has 1 aliphatic heterocycles. The summed E-state index contributed by atoms with van der Waals surface area (Å²) >= 11 is 0. The fraction of sp³-hybridized carbons (Fsp3) is 0.412. The van der Waals surface area contributed by atoms with Crippen molar-refractivity contribution in [2.75, 3.05) is 18.5 Å². The van der Waals surface area contributed by atoms with Gasteiger partial charge in [0.25, 0.3) is 5.91 Å². The van der Waals surface area contributed by atoms with Gasteiger partial charge < -0.3 is 10.1 Å². The number of hydrogen-bond donors (Lipinski definition) is 1. The maximum absolute atomic E-state index is 12.9. The lowest BCUT2D eigenvalue weighted by Crippen LogP contribution is -2.20. The summed E-state index contributed by atoms with van der Waals surface area (Å²) in [5.74, 6) is -3.96. The van der Waals surface area contributed by atoms with Crippen molar-refractivity contribution < 1.29 is 26.7 Å². The molecule has 3 rings (SSSR count). The van der Waals surface area contributed by atoms with Gasteiger partial charge in [0.2, 0.25) is 9.84 Å². The van der Waals surface area contributed by atoms with Crippen LogP contribution in [-0.4, -0.2) is 43.1 Å². The molecule has 2 heterocycles. The van der Waals surface area contributed by atoms with E-state index in [0.29, 0.717) is 31.4 Å². The highest BCUT2D eigenvalue weighted by Gasteiger charge is 2.30. The Morgan fingerprint density at radius 1 is 1.30 bits per heavy atom. The average Bonchev–Trinajstić information content (AvgIpc) is 3.09. The van der Waals surface area contributed by atoms with Crippen LogP contribution in [0.25, 0.3) is 0 Å². The van der Waals surface area contributed by atoms with Crippen molar-refractivity contribution in [2.45, 2.75) is 30.0 Å². The number of anilines is 1. The summed E-state index contributed by atoms with van der Waals surface area (Å²) in [7, 11) is -4.89. The lowest BCUT2D eigenvalue weighted by Gasteiger charge is -2.21. The molecule has 10 heteroatoms. The van der Waals surface area contributed by atoms with Crippen LogP contribution in [0.15, 0.2) is 41.6 Å². The summed E-state index contributed by atoms with van der Waals surface area (Å²) < 4.78 is 56.3. The molecule has 0 atom stereocenters. The van der Waals surface area contributed by atoms with Gasteiger partial charge in [-0.3, -0.25) is 9.48 Å². The molecule has 0 unspecified atom stereocenters. The van der Waals surface area contributed by atoms with Gasteiger partial charge in [-0.05, 0) is 30.9 Å². The number of nitrogens with zero attached hydrogens (tertiary/aromatic N) is 2. The number of amides is 1. The summed E-state index contributed by atoms with van der Waals surface area (Å²) in [5.41, 5.74) is 0.0197. The Kier molecular flexibility index (Phi) is 5.85. The van der Waals surface area contributed by atoms with Crippen LogP contribution in [0.1, 0.15) is 23.2 Å². The monoisotopic (exact) mass is 399 g/mol. The van der Waals surface area contributed by atoms with Gasteiger partial charge in [0, 0.05) is 26.0 Å². The maximum Gasteiger partial charge on any atom is 0.341 e. The van der Waals surface area contributed by atoms with E-state index in [0.717, 1.165) is 18.9 Å². The molecule has 1 saturated heterocycles. The summed E-state index contributed by atoms with van der Waals surface area (Å²) in [6.07, 6.45) is 4.92. The number of sulfone groups is 1. The summed E-state index contributed by atoms with van der Waals surface area (Å²) in [5, 5.41) is 6.69. The third-order valence-electron chi connectivity index (χ3n) is 4.35. The van der Waals surface area contributed by atoms with Crippen molar-refractivity contribution >= 4 is 21.4 Å². The number of aromatic nitrogens is 2. The molecule has 0 aliphatic carbocycles. The number of carbonyl (C=O) groups excluding carboxylic acids is 1. The normalized spacial score (nSPS) is 15.8. The Bertz CT molecular complexity index is 908. The molecular weight excluding hydrogens is 380 g/mol. The lowest BCUT2D eigenvalue weighted by molar-refractivity contribution is 0.0601. The average molecular weight is 399 g/mol. The van der Waals surface area contributed by atoms with Crippen molar-refractivity contribution in [3.63, 3.8) is 0 Å². The Hall–Kier alpha value is -2.33. The molecule has 2 aromatic rings. The first-order chi connectivity index (χ1) is 12.9. The molecule has 1 amide bonds. The van der Waals surface area contributed by atoms with Crippen LogP contribution in [-0.2, 0) is 21.1 Å². The van der Waals surface area contributed by atoms with Gasteiger partial charge in [-0.25, -0.2) is 8.42 Å². The second-order valence-corrected chi connectivity index (χ2v) is 8.15. The molecule has 1 aromatic carbocycles. The first-order valence-electron chi connectivity index (χ1n) is 8.40. The van der Waals surface area contributed by atoms with E-state index >= 15 is 0 Å². The molecule has 1 aliphatic rings. The van der Waals surface area contributed by atoms with Gasteiger partial charge in [-0.15, -0.1) is 0 Å². The van der Waals surface area contributed by atoms with E-state index in [1.54, 1.807) is 10.9 Å². The molecule has 0 saturated carbocycles. The molecule has 7 nitrogen and oxygen atoms in total. The lowest BCUT2D eigenvalue weighted by atomic mass is 10.0. The second-order valence-electron chi connectivity index (χ2n) is 6.26. The van der Waals surface area contributed by atoms with Gasteiger partial charge in [0.05, 0.1) is 22.3 Å². The smallest absolute Gasteiger partial charge is 0.341 e. The van der Waals surface area contributed by atoms with Crippen molar-refractivity contribution in [1.29, 1.82) is 0 Å². The Morgan fingerprint density at radius 2 is 2.00 bits per heavy atom. The van der Waals surface area contributed by atoms with Crippen molar-refractivity contribution in [2.24, 2.45) is 5.92 Å². The number of halogens is 2. The summed E-state index contributed by atoms with van der Waals surface area (Å²) in [6.45, 7) is 2.10. The zero-order valence-electron chi connectivity index (χ0n) is 14.3. The minimum atomic E-state index is -4.89. The van der Waals surface area contributed by atoms with E-state index in [9.17, 15) is 22.0 Å². The summed E-state index contributed by atoms with van der Waals surface area (Å²) in [4.78, 5) is 11.7. The predicted octanol–water partition coefficient (Wildman–Crippen LogP) is 2.56. The minimum absolute atomic E-state index is 0.338. The molecular formula is C17H19F2N3O4S. The molecule has 0 radical (unpaired) electrons. The number of hydrogen-bond acceptors (Lipinski definition) is 5. The number of nitrogens with one attached hydrogen (secondary N) is 1.